The molecule has 4 heteroatoms. The predicted molar refractivity (Wildman–Crippen MR) is 70.3 cm³/mol. The van der Waals surface area contributed by atoms with E-state index in [0.717, 1.165) is 18.4 Å². The fraction of sp³-hybridized carbons (Fsp3) is 0.333. The molecule has 0 spiro atoms. The average Bonchev–Trinajstić information content (AvgIpc) is 2.80. The van der Waals surface area contributed by atoms with Crippen LogP contribution in [0.4, 0.5) is 0 Å². The highest BCUT2D eigenvalue weighted by Crippen LogP contribution is 2.28. The first-order chi connectivity index (χ1) is 9.15. The summed E-state index contributed by atoms with van der Waals surface area (Å²) in [6.07, 6.45) is 4.66. The lowest BCUT2D eigenvalue weighted by Gasteiger charge is -2.15. The first-order valence-electron chi connectivity index (χ1n) is 6.48. The predicted octanol–water partition coefficient (Wildman–Crippen LogP) is 3.23. The summed E-state index contributed by atoms with van der Waals surface area (Å²) in [5.41, 5.74) is 3.57. The summed E-state index contributed by atoms with van der Waals surface area (Å²) in [6, 6.07) is 6.14. The summed E-state index contributed by atoms with van der Waals surface area (Å²) in [7, 11) is 0. The van der Waals surface area contributed by atoms with Crippen LogP contribution in [0.25, 0.3) is 11.5 Å². The maximum atomic E-state index is 11.0. The van der Waals surface area contributed by atoms with E-state index in [1.165, 1.54) is 24.0 Å². The molecule has 0 saturated heterocycles. The SMILES string of the molecule is Cc1oc(-c2ccc3c(c2)CCCC3)nc1C(=O)O. The zero-order valence-corrected chi connectivity index (χ0v) is 10.8. The van der Waals surface area contributed by atoms with Crippen LogP contribution in [-0.4, -0.2) is 16.1 Å². The summed E-state index contributed by atoms with van der Waals surface area (Å²) in [4.78, 5) is 15.0. The van der Waals surface area contributed by atoms with Gasteiger partial charge in [0.15, 0.2) is 5.69 Å². The lowest BCUT2D eigenvalue weighted by molar-refractivity contribution is 0.0689. The molecule has 1 aliphatic carbocycles. The quantitative estimate of drug-likeness (QED) is 0.897. The van der Waals surface area contributed by atoms with Crippen molar-refractivity contribution in [3.8, 4) is 11.5 Å². The van der Waals surface area contributed by atoms with Gasteiger partial charge < -0.3 is 9.52 Å². The molecule has 1 N–H and O–H groups in total. The highest BCUT2D eigenvalue weighted by atomic mass is 16.4. The Bertz CT molecular complexity index is 643. The molecule has 98 valence electrons. The zero-order chi connectivity index (χ0) is 13.4. The molecule has 0 fully saturated rings. The van der Waals surface area contributed by atoms with E-state index in [9.17, 15) is 4.79 Å². The van der Waals surface area contributed by atoms with E-state index in [4.69, 9.17) is 9.52 Å². The molecule has 0 amide bonds. The average molecular weight is 257 g/mol. The minimum atomic E-state index is -1.05. The molecule has 4 nitrogen and oxygen atoms in total. The molecule has 0 unspecified atom stereocenters. The van der Waals surface area contributed by atoms with Crippen LogP contribution in [0.3, 0.4) is 0 Å². The number of fused-ring (bicyclic) bond motifs is 1. The Morgan fingerprint density at radius 2 is 2.00 bits per heavy atom. The first kappa shape index (κ1) is 12.0. The van der Waals surface area contributed by atoms with Crippen molar-refractivity contribution in [3.63, 3.8) is 0 Å². The Hall–Kier alpha value is -2.10. The third-order valence-corrected chi connectivity index (χ3v) is 3.59. The number of benzene rings is 1. The van der Waals surface area contributed by atoms with Gasteiger partial charge in [-0.3, -0.25) is 0 Å². The number of carbonyl (C=O) groups is 1. The van der Waals surface area contributed by atoms with Gasteiger partial charge in [-0.1, -0.05) is 6.07 Å². The van der Waals surface area contributed by atoms with Crippen molar-refractivity contribution in [1.29, 1.82) is 0 Å². The number of aromatic carboxylic acids is 1. The number of carboxylic acid groups (broad SMARTS) is 1. The number of hydrogen-bond donors (Lipinski definition) is 1. The zero-order valence-electron chi connectivity index (χ0n) is 10.8. The van der Waals surface area contributed by atoms with Crippen LogP contribution in [0.2, 0.25) is 0 Å². The fourth-order valence-corrected chi connectivity index (χ4v) is 2.58. The minimum absolute atomic E-state index is 0.00674. The summed E-state index contributed by atoms with van der Waals surface area (Å²) >= 11 is 0. The van der Waals surface area contributed by atoms with Crippen molar-refractivity contribution >= 4 is 5.97 Å². The summed E-state index contributed by atoms with van der Waals surface area (Å²) in [5, 5.41) is 9.00. The number of carboxylic acids is 1. The van der Waals surface area contributed by atoms with Gasteiger partial charge in [-0.25, -0.2) is 9.78 Å². The molecule has 19 heavy (non-hydrogen) atoms. The van der Waals surface area contributed by atoms with Crippen LogP contribution >= 0.6 is 0 Å². The van der Waals surface area contributed by atoms with Gasteiger partial charge in [0.2, 0.25) is 5.89 Å². The molecule has 3 rings (SSSR count). The summed E-state index contributed by atoms with van der Waals surface area (Å²) < 4.78 is 5.46. The number of aryl methyl sites for hydroxylation is 3. The van der Waals surface area contributed by atoms with Crippen LogP contribution in [0, 0.1) is 6.92 Å². The Balaban J connectivity index is 2.02. The van der Waals surface area contributed by atoms with Gasteiger partial charge in [0.05, 0.1) is 0 Å². The van der Waals surface area contributed by atoms with Crippen LogP contribution in [0.15, 0.2) is 22.6 Å². The monoisotopic (exact) mass is 257 g/mol. The van der Waals surface area contributed by atoms with E-state index < -0.39 is 5.97 Å². The maximum absolute atomic E-state index is 11.0. The lowest BCUT2D eigenvalue weighted by atomic mass is 9.90. The molecule has 0 saturated carbocycles. The molecule has 2 aromatic rings. The topological polar surface area (TPSA) is 63.3 Å². The molecule has 0 bridgehead atoms. The summed E-state index contributed by atoms with van der Waals surface area (Å²) in [6.45, 7) is 1.62. The molecule has 0 atom stereocenters. The van der Waals surface area contributed by atoms with Crippen LogP contribution in [0.1, 0.15) is 40.2 Å². The van der Waals surface area contributed by atoms with Gasteiger partial charge in [0.1, 0.15) is 5.76 Å². The van der Waals surface area contributed by atoms with Crippen LogP contribution in [0.5, 0.6) is 0 Å². The highest BCUT2D eigenvalue weighted by Gasteiger charge is 2.18. The number of oxazole rings is 1. The lowest BCUT2D eigenvalue weighted by Crippen LogP contribution is -2.02. The fourth-order valence-electron chi connectivity index (χ4n) is 2.58. The standard InChI is InChI=1S/C15H15NO3/c1-9-13(15(17)18)16-14(19-9)12-7-6-10-4-2-3-5-11(10)8-12/h6-8H,2-5H2,1H3,(H,17,18). The number of hydrogen-bond acceptors (Lipinski definition) is 3. The molecule has 1 aliphatic rings. The van der Waals surface area contributed by atoms with Crippen LogP contribution < -0.4 is 0 Å². The normalized spacial score (nSPS) is 14.2. The molecule has 0 aliphatic heterocycles. The van der Waals surface area contributed by atoms with Crippen molar-refractivity contribution in [3.05, 3.63) is 40.8 Å². The Kier molecular flexibility index (Phi) is 2.85. The van der Waals surface area contributed by atoms with E-state index in [0.29, 0.717) is 11.7 Å². The first-order valence-corrected chi connectivity index (χ1v) is 6.48. The molecule has 1 aromatic carbocycles. The van der Waals surface area contributed by atoms with Crippen molar-refractivity contribution < 1.29 is 14.3 Å². The van der Waals surface area contributed by atoms with E-state index >= 15 is 0 Å². The summed E-state index contributed by atoms with van der Waals surface area (Å²) in [5.74, 6) is -0.311. The van der Waals surface area contributed by atoms with E-state index in [-0.39, 0.29) is 5.69 Å². The minimum Gasteiger partial charge on any atom is -0.476 e. The Morgan fingerprint density at radius 3 is 2.68 bits per heavy atom. The largest absolute Gasteiger partial charge is 0.476 e. The second-order valence-corrected chi connectivity index (χ2v) is 4.92. The van der Waals surface area contributed by atoms with E-state index in [2.05, 4.69) is 17.1 Å². The van der Waals surface area contributed by atoms with E-state index in [1.807, 2.05) is 6.07 Å². The number of nitrogens with zero attached hydrogens (tertiary/aromatic N) is 1. The van der Waals surface area contributed by atoms with Gasteiger partial charge in [-0.05, 0) is 55.9 Å². The third-order valence-electron chi connectivity index (χ3n) is 3.59. The molecule has 1 heterocycles. The second kappa shape index (κ2) is 4.53. The van der Waals surface area contributed by atoms with Crippen molar-refractivity contribution in [1.82, 2.24) is 4.98 Å². The van der Waals surface area contributed by atoms with Gasteiger partial charge in [-0.2, -0.15) is 0 Å². The maximum Gasteiger partial charge on any atom is 0.358 e. The molecule has 1 aromatic heterocycles. The Labute approximate surface area is 111 Å². The second-order valence-electron chi connectivity index (χ2n) is 4.92. The molecule has 0 radical (unpaired) electrons. The van der Waals surface area contributed by atoms with Crippen molar-refractivity contribution in [2.75, 3.05) is 0 Å². The van der Waals surface area contributed by atoms with Gasteiger partial charge in [0.25, 0.3) is 0 Å². The third kappa shape index (κ3) is 2.14. The van der Waals surface area contributed by atoms with Crippen LogP contribution in [-0.2, 0) is 12.8 Å². The van der Waals surface area contributed by atoms with Gasteiger partial charge in [0, 0.05) is 5.56 Å². The molecular formula is C15H15NO3. The molecular weight excluding hydrogens is 242 g/mol. The van der Waals surface area contributed by atoms with E-state index in [1.54, 1.807) is 6.92 Å². The number of aromatic nitrogens is 1. The smallest absolute Gasteiger partial charge is 0.358 e. The number of rotatable bonds is 2. The van der Waals surface area contributed by atoms with Gasteiger partial charge >= 0.3 is 5.97 Å². The van der Waals surface area contributed by atoms with Crippen molar-refractivity contribution in [2.24, 2.45) is 0 Å². The Morgan fingerprint density at radius 1 is 1.26 bits per heavy atom. The van der Waals surface area contributed by atoms with Gasteiger partial charge in [-0.15, -0.1) is 0 Å². The van der Waals surface area contributed by atoms with Crippen molar-refractivity contribution in [2.45, 2.75) is 32.6 Å². The highest BCUT2D eigenvalue weighted by molar-refractivity contribution is 5.87.